The first-order valence-electron chi connectivity index (χ1n) is 7.39. The van der Waals surface area contributed by atoms with Gasteiger partial charge in [-0.05, 0) is 65.1 Å². The summed E-state index contributed by atoms with van der Waals surface area (Å²) in [6.45, 7) is 2.98. The Morgan fingerprint density at radius 1 is 1.04 bits per heavy atom. The number of nitrogens with zero attached hydrogens (tertiary/aromatic N) is 2. The molecular weight excluding hydrogens is 425 g/mol. The van der Waals surface area contributed by atoms with Crippen molar-refractivity contribution in [3.8, 4) is 0 Å². The number of nitrogens with two attached hydrogens (primary N) is 1. The van der Waals surface area contributed by atoms with Crippen molar-refractivity contribution in [1.29, 1.82) is 0 Å². The summed E-state index contributed by atoms with van der Waals surface area (Å²) in [4.78, 5) is 16.8. The largest absolute Gasteiger partial charge is 0.399 e. The number of amides is 1. The average Bonchev–Trinajstić information content (AvgIpc) is 2.57. The van der Waals surface area contributed by atoms with E-state index in [9.17, 15) is 4.79 Å². The molecule has 0 unspecified atom stereocenters. The fraction of sp³-hybridized carbons (Fsp3) is 0.235. The van der Waals surface area contributed by atoms with Crippen LogP contribution in [0, 0.1) is 3.57 Å². The smallest absolute Gasteiger partial charge is 0.255 e. The van der Waals surface area contributed by atoms with E-state index >= 15 is 0 Å². The molecular formula is C17H17ClIN3O. The van der Waals surface area contributed by atoms with Gasteiger partial charge in [0.2, 0.25) is 0 Å². The molecule has 2 aromatic carbocycles. The molecule has 0 bridgehead atoms. The topological polar surface area (TPSA) is 49.6 Å². The summed E-state index contributed by atoms with van der Waals surface area (Å²) >= 11 is 8.37. The van der Waals surface area contributed by atoms with Crippen molar-refractivity contribution >= 4 is 51.5 Å². The highest BCUT2D eigenvalue weighted by Crippen LogP contribution is 2.23. The number of carbonyl (C=O) groups is 1. The first kappa shape index (κ1) is 16.4. The maximum absolute atomic E-state index is 12.7. The van der Waals surface area contributed by atoms with Crippen LogP contribution in [0.15, 0.2) is 42.5 Å². The number of halogens is 2. The Morgan fingerprint density at radius 3 is 2.35 bits per heavy atom. The maximum Gasteiger partial charge on any atom is 0.255 e. The maximum atomic E-state index is 12.7. The van der Waals surface area contributed by atoms with Crippen molar-refractivity contribution in [3.63, 3.8) is 0 Å². The zero-order chi connectivity index (χ0) is 16.4. The average molecular weight is 442 g/mol. The minimum absolute atomic E-state index is 0.00507. The lowest BCUT2D eigenvalue weighted by atomic mass is 10.1. The van der Waals surface area contributed by atoms with Crippen molar-refractivity contribution in [2.45, 2.75) is 0 Å². The van der Waals surface area contributed by atoms with Gasteiger partial charge in [0, 0.05) is 41.1 Å². The Labute approximate surface area is 154 Å². The molecule has 1 aliphatic rings. The molecule has 0 spiro atoms. The molecule has 120 valence electrons. The molecule has 2 N–H and O–H groups in total. The second-order valence-electron chi connectivity index (χ2n) is 5.49. The first-order chi connectivity index (χ1) is 11.0. The molecule has 23 heavy (non-hydrogen) atoms. The Morgan fingerprint density at radius 2 is 1.70 bits per heavy atom. The summed E-state index contributed by atoms with van der Waals surface area (Å²) < 4.78 is 1.01. The Hall–Kier alpha value is -1.47. The lowest BCUT2D eigenvalue weighted by Gasteiger charge is -2.36. The molecule has 1 heterocycles. The van der Waals surface area contributed by atoms with Crippen molar-refractivity contribution < 1.29 is 4.79 Å². The molecule has 3 rings (SSSR count). The molecule has 2 aromatic rings. The highest BCUT2D eigenvalue weighted by atomic mass is 127. The lowest BCUT2D eigenvalue weighted by Crippen LogP contribution is -2.48. The summed E-state index contributed by atoms with van der Waals surface area (Å²) in [5, 5.41) is 0.511. The predicted molar refractivity (Wildman–Crippen MR) is 103 cm³/mol. The number of hydrogen-bond donors (Lipinski definition) is 1. The quantitative estimate of drug-likeness (QED) is 0.573. The van der Waals surface area contributed by atoms with E-state index in [1.165, 1.54) is 0 Å². The highest BCUT2D eigenvalue weighted by Gasteiger charge is 2.23. The molecule has 0 saturated carbocycles. The van der Waals surface area contributed by atoms with Crippen molar-refractivity contribution in [2.75, 3.05) is 36.8 Å². The molecule has 0 aromatic heterocycles. The van der Waals surface area contributed by atoms with E-state index in [4.69, 9.17) is 17.3 Å². The van der Waals surface area contributed by atoms with Gasteiger partial charge < -0.3 is 15.5 Å². The molecule has 1 saturated heterocycles. The van der Waals surface area contributed by atoms with Gasteiger partial charge in [0.15, 0.2) is 0 Å². The molecule has 0 atom stereocenters. The molecule has 1 amide bonds. The summed E-state index contributed by atoms with van der Waals surface area (Å²) in [5.41, 5.74) is 8.20. The summed E-state index contributed by atoms with van der Waals surface area (Å²) in [5.74, 6) is 0.00507. The minimum Gasteiger partial charge on any atom is -0.399 e. The third kappa shape index (κ3) is 3.72. The molecule has 1 fully saturated rings. The Kier molecular flexibility index (Phi) is 4.96. The number of carbonyl (C=O) groups excluding carboxylic acids is 1. The molecule has 0 aliphatic carbocycles. The fourth-order valence-corrected chi connectivity index (χ4v) is 3.37. The van der Waals surface area contributed by atoms with Crippen LogP contribution >= 0.6 is 34.2 Å². The number of rotatable bonds is 2. The van der Waals surface area contributed by atoms with E-state index in [-0.39, 0.29) is 5.91 Å². The third-order valence-electron chi connectivity index (χ3n) is 3.98. The van der Waals surface area contributed by atoms with Crippen LogP contribution in [0.4, 0.5) is 11.4 Å². The number of anilines is 2. The lowest BCUT2D eigenvalue weighted by molar-refractivity contribution is 0.0747. The Balaban J connectivity index is 1.67. The van der Waals surface area contributed by atoms with Gasteiger partial charge >= 0.3 is 0 Å². The molecule has 4 nitrogen and oxygen atoms in total. The van der Waals surface area contributed by atoms with E-state index in [0.717, 1.165) is 28.0 Å². The highest BCUT2D eigenvalue weighted by molar-refractivity contribution is 14.1. The van der Waals surface area contributed by atoms with Gasteiger partial charge in [-0.3, -0.25) is 4.79 Å². The van der Waals surface area contributed by atoms with E-state index in [1.807, 2.05) is 41.3 Å². The van der Waals surface area contributed by atoms with Crippen LogP contribution < -0.4 is 10.6 Å². The number of piperazine rings is 1. The first-order valence-corrected chi connectivity index (χ1v) is 8.85. The number of hydrogen-bond acceptors (Lipinski definition) is 3. The van der Waals surface area contributed by atoms with Gasteiger partial charge in [-0.15, -0.1) is 0 Å². The second-order valence-corrected chi connectivity index (χ2v) is 7.15. The van der Waals surface area contributed by atoms with Gasteiger partial charge in [-0.25, -0.2) is 0 Å². The van der Waals surface area contributed by atoms with Crippen LogP contribution in [0.2, 0.25) is 5.02 Å². The van der Waals surface area contributed by atoms with Crippen molar-refractivity contribution in [2.24, 2.45) is 0 Å². The zero-order valence-electron chi connectivity index (χ0n) is 12.5. The van der Waals surface area contributed by atoms with Crippen LogP contribution in [-0.2, 0) is 0 Å². The third-order valence-corrected chi connectivity index (χ3v) is 4.98. The van der Waals surface area contributed by atoms with Gasteiger partial charge in [0.25, 0.3) is 5.91 Å². The molecule has 1 aliphatic heterocycles. The van der Waals surface area contributed by atoms with Crippen LogP contribution in [0.3, 0.4) is 0 Å². The van der Waals surface area contributed by atoms with Crippen molar-refractivity contribution in [1.82, 2.24) is 4.90 Å². The predicted octanol–water partition coefficient (Wildman–Crippen LogP) is 3.49. The number of benzene rings is 2. The van der Waals surface area contributed by atoms with Crippen LogP contribution in [0.25, 0.3) is 0 Å². The standard InChI is InChI=1S/C17H17ClIN3O/c18-16-6-1-12(19)11-15(16)17(23)22-9-7-21(8-10-22)14-4-2-13(20)3-5-14/h1-6,11H,7-10,20H2. The Bertz CT molecular complexity index is 712. The van der Waals surface area contributed by atoms with Gasteiger partial charge in [-0.1, -0.05) is 11.6 Å². The van der Waals surface area contributed by atoms with Crippen molar-refractivity contribution in [3.05, 3.63) is 56.6 Å². The zero-order valence-corrected chi connectivity index (χ0v) is 15.4. The van der Waals surface area contributed by atoms with Crippen LogP contribution in [0.5, 0.6) is 0 Å². The van der Waals surface area contributed by atoms with E-state index in [0.29, 0.717) is 23.7 Å². The van der Waals surface area contributed by atoms with Gasteiger partial charge in [0.05, 0.1) is 10.6 Å². The van der Waals surface area contributed by atoms with Gasteiger partial charge in [0.1, 0.15) is 0 Å². The number of nitrogen functional groups attached to an aromatic ring is 1. The van der Waals surface area contributed by atoms with E-state index in [1.54, 1.807) is 6.07 Å². The molecule has 0 radical (unpaired) electrons. The summed E-state index contributed by atoms with van der Waals surface area (Å²) in [6, 6.07) is 13.4. The SMILES string of the molecule is Nc1ccc(N2CCN(C(=O)c3cc(I)ccc3Cl)CC2)cc1. The molecule has 6 heteroatoms. The summed E-state index contributed by atoms with van der Waals surface area (Å²) in [7, 11) is 0. The van der Waals surface area contributed by atoms with E-state index in [2.05, 4.69) is 27.5 Å². The van der Waals surface area contributed by atoms with Crippen LogP contribution in [0.1, 0.15) is 10.4 Å². The van der Waals surface area contributed by atoms with E-state index < -0.39 is 0 Å². The van der Waals surface area contributed by atoms with Crippen LogP contribution in [-0.4, -0.2) is 37.0 Å². The minimum atomic E-state index is 0.00507. The second kappa shape index (κ2) is 6.97. The fourth-order valence-electron chi connectivity index (χ4n) is 2.68. The normalized spacial score (nSPS) is 14.9. The monoisotopic (exact) mass is 441 g/mol. The summed E-state index contributed by atoms with van der Waals surface area (Å²) in [6.07, 6.45) is 0. The van der Waals surface area contributed by atoms with Gasteiger partial charge in [-0.2, -0.15) is 0 Å².